The Morgan fingerprint density at radius 2 is 2.31 bits per heavy atom. The van der Waals surface area contributed by atoms with Crippen LogP contribution in [0, 0.1) is 12.8 Å². The van der Waals surface area contributed by atoms with E-state index in [-0.39, 0.29) is 6.61 Å². The molecular formula is C13H20N2O. The number of aliphatic hydroxyl groups excluding tert-OH is 1. The van der Waals surface area contributed by atoms with E-state index in [1.807, 2.05) is 12.1 Å². The Bertz CT molecular complexity index is 365. The highest BCUT2D eigenvalue weighted by Crippen LogP contribution is 2.28. The predicted octanol–water partition coefficient (Wildman–Crippen LogP) is 1.79. The lowest BCUT2D eigenvalue weighted by atomic mass is 9.97. The van der Waals surface area contributed by atoms with Crippen molar-refractivity contribution in [3.05, 3.63) is 23.8 Å². The molecule has 3 heteroatoms. The SMILES string of the molecule is Cc1c(N)cccc1N1CCCC(CO)C1. The molecule has 0 amide bonds. The fourth-order valence-electron chi connectivity index (χ4n) is 2.42. The van der Waals surface area contributed by atoms with Gasteiger partial charge in [0, 0.05) is 31.1 Å². The van der Waals surface area contributed by atoms with Gasteiger partial charge >= 0.3 is 0 Å². The zero-order valence-corrected chi connectivity index (χ0v) is 9.82. The van der Waals surface area contributed by atoms with Crippen LogP contribution in [0.1, 0.15) is 18.4 Å². The smallest absolute Gasteiger partial charge is 0.0476 e. The lowest BCUT2D eigenvalue weighted by molar-refractivity contribution is 0.208. The van der Waals surface area contributed by atoms with Gasteiger partial charge in [0.25, 0.3) is 0 Å². The summed E-state index contributed by atoms with van der Waals surface area (Å²) in [5.74, 6) is 0.412. The lowest BCUT2D eigenvalue weighted by Crippen LogP contribution is -2.37. The highest BCUT2D eigenvalue weighted by atomic mass is 16.3. The number of nitrogens with two attached hydrogens (primary N) is 1. The van der Waals surface area contributed by atoms with Gasteiger partial charge in [0.1, 0.15) is 0 Å². The van der Waals surface area contributed by atoms with Crippen molar-refractivity contribution in [2.75, 3.05) is 30.3 Å². The molecule has 0 spiro atoms. The van der Waals surface area contributed by atoms with Gasteiger partial charge < -0.3 is 15.7 Å². The quantitative estimate of drug-likeness (QED) is 0.747. The van der Waals surface area contributed by atoms with Crippen LogP contribution < -0.4 is 10.6 Å². The van der Waals surface area contributed by atoms with Crippen LogP contribution in [0.5, 0.6) is 0 Å². The summed E-state index contributed by atoms with van der Waals surface area (Å²) >= 11 is 0. The number of nitrogens with zero attached hydrogens (tertiary/aromatic N) is 1. The molecule has 88 valence electrons. The Labute approximate surface area is 96.9 Å². The van der Waals surface area contributed by atoms with Crippen LogP contribution >= 0.6 is 0 Å². The zero-order chi connectivity index (χ0) is 11.5. The third kappa shape index (κ3) is 2.14. The number of anilines is 2. The van der Waals surface area contributed by atoms with Crippen LogP contribution in [-0.4, -0.2) is 24.8 Å². The van der Waals surface area contributed by atoms with E-state index in [0.29, 0.717) is 5.92 Å². The number of hydrogen-bond acceptors (Lipinski definition) is 3. The molecule has 16 heavy (non-hydrogen) atoms. The zero-order valence-electron chi connectivity index (χ0n) is 9.82. The molecule has 1 aromatic rings. The monoisotopic (exact) mass is 220 g/mol. The fraction of sp³-hybridized carbons (Fsp3) is 0.538. The molecule has 0 radical (unpaired) electrons. The number of benzene rings is 1. The molecule has 1 atom stereocenters. The average Bonchev–Trinajstić information content (AvgIpc) is 2.33. The number of aliphatic hydroxyl groups is 1. The van der Waals surface area contributed by atoms with E-state index in [2.05, 4.69) is 17.9 Å². The Morgan fingerprint density at radius 1 is 1.50 bits per heavy atom. The van der Waals surface area contributed by atoms with Gasteiger partial charge in [0.05, 0.1) is 0 Å². The van der Waals surface area contributed by atoms with E-state index in [1.165, 1.54) is 5.69 Å². The van der Waals surface area contributed by atoms with Crippen LogP contribution in [0.4, 0.5) is 11.4 Å². The fourth-order valence-corrected chi connectivity index (χ4v) is 2.42. The molecular weight excluding hydrogens is 200 g/mol. The molecule has 2 rings (SSSR count). The van der Waals surface area contributed by atoms with E-state index in [0.717, 1.165) is 37.2 Å². The van der Waals surface area contributed by atoms with Crippen molar-refractivity contribution in [2.45, 2.75) is 19.8 Å². The first-order valence-electron chi connectivity index (χ1n) is 5.93. The summed E-state index contributed by atoms with van der Waals surface area (Å²) in [4.78, 5) is 2.34. The molecule has 1 aliphatic rings. The normalized spacial score (nSPS) is 21.1. The Hall–Kier alpha value is -1.22. The van der Waals surface area contributed by atoms with Gasteiger partial charge in [-0.25, -0.2) is 0 Å². The van der Waals surface area contributed by atoms with Gasteiger partial charge in [0.15, 0.2) is 0 Å². The van der Waals surface area contributed by atoms with E-state index >= 15 is 0 Å². The second-order valence-corrected chi connectivity index (χ2v) is 4.63. The van der Waals surface area contributed by atoms with Crippen molar-refractivity contribution in [1.29, 1.82) is 0 Å². The van der Waals surface area contributed by atoms with E-state index in [1.54, 1.807) is 0 Å². The van der Waals surface area contributed by atoms with Gasteiger partial charge in [-0.3, -0.25) is 0 Å². The molecule has 3 N–H and O–H groups in total. The molecule has 0 bridgehead atoms. The predicted molar refractivity (Wildman–Crippen MR) is 67.6 cm³/mol. The Kier molecular flexibility index (Phi) is 3.34. The van der Waals surface area contributed by atoms with Crippen molar-refractivity contribution in [1.82, 2.24) is 0 Å². The maximum Gasteiger partial charge on any atom is 0.0476 e. The third-order valence-electron chi connectivity index (χ3n) is 3.46. The van der Waals surface area contributed by atoms with Crippen LogP contribution in [-0.2, 0) is 0 Å². The third-order valence-corrected chi connectivity index (χ3v) is 3.46. The van der Waals surface area contributed by atoms with E-state index in [4.69, 9.17) is 5.73 Å². The Balaban J connectivity index is 2.20. The highest BCUT2D eigenvalue weighted by molar-refractivity contribution is 5.64. The number of rotatable bonds is 2. The number of nitrogen functional groups attached to an aromatic ring is 1. The van der Waals surface area contributed by atoms with Crippen LogP contribution in [0.3, 0.4) is 0 Å². The van der Waals surface area contributed by atoms with E-state index in [9.17, 15) is 5.11 Å². The Morgan fingerprint density at radius 3 is 3.06 bits per heavy atom. The summed E-state index contributed by atoms with van der Waals surface area (Å²) in [5.41, 5.74) is 9.14. The summed E-state index contributed by atoms with van der Waals surface area (Å²) in [7, 11) is 0. The maximum absolute atomic E-state index is 9.23. The van der Waals surface area contributed by atoms with E-state index < -0.39 is 0 Å². The van der Waals surface area contributed by atoms with Crippen molar-refractivity contribution < 1.29 is 5.11 Å². The first-order chi connectivity index (χ1) is 7.72. The molecule has 1 fully saturated rings. The summed E-state index contributed by atoms with van der Waals surface area (Å²) in [6.07, 6.45) is 2.29. The van der Waals surface area contributed by atoms with Gasteiger partial charge in [-0.05, 0) is 43.4 Å². The van der Waals surface area contributed by atoms with Gasteiger partial charge in [-0.2, -0.15) is 0 Å². The topological polar surface area (TPSA) is 49.5 Å². The van der Waals surface area contributed by atoms with Gasteiger partial charge in [-0.15, -0.1) is 0 Å². The molecule has 1 aromatic carbocycles. The number of piperidine rings is 1. The molecule has 1 unspecified atom stereocenters. The van der Waals surface area contributed by atoms with Crippen LogP contribution in [0.15, 0.2) is 18.2 Å². The largest absolute Gasteiger partial charge is 0.398 e. The van der Waals surface area contributed by atoms with Crippen molar-refractivity contribution >= 4 is 11.4 Å². The highest BCUT2D eigenvalue weighted by Gasteiger charge is 2.20. The van der Waals surface area contributed by atoms with Crippen molar-refractivity contribution in [3.8, 4) is 0 Å². The number of hydrogen-bond donors (Lipinski definition) is 2. The molecule has 0 saturated carbocycles. The summed E-state index contributed by atoms with van der Waals surface area (Å²) < 4.78 is 0. The van der Waals surface area contributed by atoms with Crippen molar-refractivity contribution in [2.24, 2.45) is 5.92 Å². The minimum Gasteiger partial charge on any atom is -0.398 e. The second kappa shape index (κ2) is 4.74. The van der Waals surface area contributed by atoms with Gasteiger partial charge in [0.2, 0.25) is 0 Å². The standard InChI is InChI=1S/C13H20N2O/c1-10-12(14)5-2-6-13(10)15-7-3-4-11(8-15)9-16/h2,5-6,11,16H,3-4,7-9,14H2,1H3. The molecule has 1 saturated heterocycles. The van der Waals surface area contributed by atoms with Crippen molar-refractivity contribution in [3.63, 3.8) is 0 Å². The minimum absolute atomic E-state index is 0.290. The first kappa shape index (κ1) is 11.3. The molecule has 1 heterocycles. The molecule has 0 aromatic heterocycles. The van der Waals surface area contributed by atoms with Crippen LogP contribution in [0.25, 0.3) is 0 Å². The molecule has 0 aliphatic carbocycles. The second-order valence-electron chi connectivity index (χ2n) is 4.63. The summed E-state index contributed by atoms with van der Waals surface area (Å²) in [5, 5.41) is 9.23. The van der Waals surface area contributed by atoms with Crippen LogP contribution in [0.2, 0.25) is 0 Å². The summed E-state index contributed by atoms with van der Waals surface area (Å²) in [6.45, 7) is 4.37. The summed E-state index contributed by atoms with van der Waals surface area (Å²) in [6, 6.07) is 6.05. The lowest BCUT2D eigenvalue weighted by Gasteiger charge is -2.34. The maximum atomic E-state index is 9.23. The molecule has 3 nitrogen and oxygen atoms in total. The average molecular weight is 220 g/mol. The van der Waals surface area contributed by atoms with Gasteiger partial charge in [-0.1, -0.05) is 6.07 Å². The first-order valence-corrected chi connectivity index (χ1v) is 5.93. The molecule has 1 aliphatic heterocycles. The minimum atomic E-state index is 0.290.